The van der Waals surface area contributed by atoms with Crippen LogP contribution in [0.4, 0.5) is 15.2 Å². The van der Waals surface area contributed by atoms with E-state index < -0.39 is 23.7 Å². The quantitative estimate of drug-likeness (QED) is 0.827. The molecule has 0 radical (unpaired) electrons. The van der Waals surface area contributed by atoms with E-state index in [2.05, 4.69) is 20.6 Å². The van der Waals surface area contributed by atoms with Crippen molar-refractivity contribution >= 4 is 39.7 Å². The van der Waals surface area contributed by atoms with E-state index in [4.69, 9.17) is 5.73 Å². The van der Waals surface area contributed by atoms with Gasteiger partial charge in [0.1, 0.15) is 22.6 Å². The normalized spacial score (nSPS) is 16.7. The zero-order valence-electron chi connectivity index (χ0n) is 14.1. The molecule has 1 aliphatic heterocycles. The first-order valence-corrected chi connectivity index (χ1v) is 8.73. The lowest BCUT2D eigenvalue weighted by atomic mass is 10.1. The molecule has 1 atom stereocenters. The molecule has 0 aliphatic carbocycles. The van der Waals surface area contributed by atoms with Crippen LogP contribution in [0.15, 0.2) is 29.4 Å². The van der Waals surface area contributed by atoms with Crippen molar-refractivity contribution < 1.29 is 14.0 Å². The Kier molecular flexibility index (Phi) is 4.94. The molecular weight excluding hydrogens is 359 g/mol. The molecule has 136 valence electrons. The van der Waals surface area contributed by atoms with Gasteiger partial charge >= 0.3 is 0 Å². The Morgan fingerprint density at radius 3 is 2.58 bits per heavy atom. The van der Waals surface area contributed by atoms with E-state index in [1.165, 1.54) is 40.6 Å². The maximum Gasteiger partial charge on any atom is 0.273 e. The summed E-state index contributed by atoms with van der Waals surface area (Å²) in [6.07, 6.45) is 0.0500. The van der Waals surface area contributed by atoms with Crippen LogP contribution < -0.4 is 16.1 Å². The van der Waals surface area contributed by atoms with Crippen LogP contribution in [0.25, 0.3) is 0 Å². The minimum Gasteiger partial charge on any atom is -0.368 e. The van der Waals surface area contributed by atoms with Crippen LogP contribution in [-0.4, -0.2) is 33.8 Å². The molecule has 3 rings (SSSR count). The summed E-state index contributed by atoms with van der Waals surface area (Å²) in [5, 5.41) is 17.3. The Morgan fingerprint density at radius 1 is 1.31 bits per heavy atom. The van der Waals surface area contributed by atoms with E-state index >= 15 is 0 Å². The molecule has 8 nitrogen and oxygen atoms in total. The zero-order chi connectivity index (χ0) is 18.8. The Morgan fingerprint density at radius 2 is 2.00 bits per heavy atom. The highest BCUT2D eigenvalue weighted by atomic mass is 32.1. The van der Waals surface area contributed by atoms with Gasteiger partial charge in [0.15, 0.2) is 0 Å². The summed E-state index contributed by atoms with van der Waals surface area (Å²) < 4.78 is 13.1. The fourth-order valence-corrected chi connectivity index (χ4v) is 3.13. The van der Waals surface area contributed by atoms with Crippen LogP contribution in [0.1, 0.15) is 31.2 Å². The van der Waals surface area contributed by atoms with Crippen LogP contribution in [0.5, 0.6) is 0 Å². The molecule has 2 aromatic rings. The Balaban J connectivity index is 1.79. The number of anilines is 2. The number of rotatable bonds is 5. The number of hydrazone groups is 1. The average Bonchev–Trinajstić information content (AvgIpc) is 3.22. The van der Waals surface area contributed by atoms with Gasteiger partial charge in [0, 0.05) is 12.3 Å². The molecule has 0 saturated heterocycles. The van der Waals surface area contributed by atoms with E-state index in [9.17, 15) is 14.0 Å². The first-order chi connectivity index (χ1) is 12.3. The van der Waals surface area contributed by atoms with Gasteiger partial charge in [-0.05, 0) is 24.3 Å². The summed E-state index contributed by atoms with van der Waals surface area (Å²) in [6, 6.07) is 4.61. The molecule has 1 aromatic carbocycles. The number of halogens is 1. The molecule has 2 heterocycles. The summed E-state index contributed by atoms with van der Waals surface area (Å²) in [7, 11) is 0. The number of benzene rings is 1. The summed E-state index contributed by atoms with van der Waals surface area (Å²) in [5.41, 5.74) is 6.03. The second kappa shape index (κ2) is 7.16. The van der Waals surface area contributed by atoms with Crippen molar-refractivity contribution in [2.45, 2.75) is 32.2 Å². The van der Waals surface area contributed by atoms with Crippen LogP contribution in [-0.2, 0) is 9.59 Å². The molecule has 1 aliphatic rings. The van der Waals surface area contributed by atoms with Crippen molar-refractivity contribution in [1.29, 1.82) is 0 Å². The second-order valence-corrected chi connectivity index (χ2v) is 7.05. The molecule has 1 unspecified atom stereocenters. The van der Waals surface area contributed by atoms with Gasteiger partial charge in [-0.3, -0.25) is 19.9 Å². The Bertz CT molecular complexity index is 864. The van der Waals surface area contributed by atoms with Crippen LogP contribution in [0.3, 0.4) is 0 Å². The van der Waals surface area contributed by atoms with Gasteiger partial charge in [-0.25, -0.2) is 4.39 Å². The molecule has 0 fully saturated rings. The smallest absolute Gasteiger partial charge is 0.273 e. The third kappa shape index (κ3) is 3.69. The largest absolute Gasteiger partial charge is 0.368 e. The molecule has 10 heteroatoms. The first kappa shape index (κ1) is 17.9. The third-order valence-electron chi connectivity index (χ3n) is 3.75. The highest BCUT2D eigenvalue weighted by molar-refractivity contribution is 7.15. The minimum atomic E-state index is -0.818. The lowest BCUT2D eigenvalue weighted by molar-refractivity contribution is -0.119. The first-order valence-electron chi connectivity index (χ1n) is 7.91. The van der Waals surface area contributed by atoms with Crippen LogP contribution >= 0.6 is 11.3 Å². The topological polar surface area (TPSA) is 114 Å². The molecule has 0 saturated carbocycles. The molecule has 0 spiro atoms. The monoisotopic (exact) mass is 376 g/mol. The van der Waals surface area contributed by atoms with E-state index in [1.807, 2.05) is 13.8 Å². The predicted octanol–water partition coefficient (Wildman–Crippen LogP) is 1.86. The Hall–Kier alpha value is -2.88. The van der Waals surface area contributed by atoms with Gasteiger partial charge in [0.2, 0.25) is 11.0 Å². The number of amides is 2. The number of carbonyl (C=O) groups is 2. The SMILES string of the molecule is CC(C)c1nnc(NC(=O)C2=NN(c3ccc(F)cc3)C(C(N)=O)C2)s1. The standard InChI is InChI=1S/C16H17FN6O2S/c1-8(2)15-20-21-16(26-15)19-14(25)11-7-12(13(18)24)23(22-11)10-5-3-9(17)4-6-10/h3-6,8,12H,7H2,1-2H3,(H2,18,24)(H,19,21,25). The summed E-state index contributed by atoms with van der Waals surface area (Å²) in [4.78, 5) is 24.2. The van der Waals surface area contributed by atoms with Crippen molar-refractivity contribution in [3.8, 4) is 0 Å². The number of carbonyl (C=O) groups excluding carboxylic acids is 2. The average molecular weight is 376 g/mol. The maximum absolute atomic E-state index is 13.1. The number of nitrogens with zero attached hydrogens (tertiary/aromatic N) is 4. The molecule has 26 heavy (non-hydrogen) atoms. The van der Waals surface area contributed by atoms with Gasteiger partial charge in [0.05, 0.1) is 5.69 Å². The van der Waals surface area contributed by atoms with Crippen molar-refractivity contribution in [2.24, 2.45) is 10.8 Å². The van der Waals surface area contributed by atoms with Crippen molar-refractivity contribution in [3.05, 3.63) is 35.1 Å². The zero-order valence-corrected chi connectivity index (χ0v) is 15.0. The fourth-order valence-electron chi connectivity index (χ4n) is 2.39. The van der Waals surface area contributed by atoms with Crippen molar-refractivity contribution in [1.82, 2.24) is 10.2 Å². The molecule has 0 bridgehead atoms. The lowest BCUT2D eigenvalue weighted by Crippen LogP contribution is -2.39. The van der Waals surface area contributed by atoms with E-state index in [0.29, 0.717) is 10.8 Å². The van der Waals surface area contributed by atoms with Crippen molar-refractivity contribution in [3.63, 3.8) is 0 Å². The van der Waals surface area contributed by atoms with Gasteiger partial charge in [-0.2, -0.15) is 5.10 Å². The molecular formula is C16H17FN6O2S. The molecule has 2 amide bonds. The number of aromatic nitrogens is 2. The fraction of sp³-hybridized carbons (Fsp3) is 0.312. The number of primary amides is 1. The second-order valence-electron chi connectivity index (χ2n) is 6.04. The van der Waals surface area contributed by atoms with E-state index in [0.717, 1.165) is 5.01 Å². The molecule has 3 N–H and O–H groups in total. The summed E-state index contributed by atoms with van der Waals surface area (Å²) in [6.45, 7) is 3.95. The number of hydrogen-bond acceptors (Lipinski definition) is 7. The maximum atomic E-state index is 13.1. The molecule has 1 aromatic heterocycles. The van der Waals surface area contributed by atoms with Crippen LogP contribution in [0.2, 0.25) is 0 Å². The predicted molar refractivity (Wildman–Crippen MR) is 96.5 cm³/mol. The lowest BCUT2D eigenvalue weighted by Gasteiger charge is -2.20. The van der Waals surface area contributed by atoms with Crippen LogP contribution in [0, 0.1) is 5.82 Å². The van der Waals surface area contributed by atoms with E-state index in [1.54, 1.807) is 0 Å². The highest BCUT2D eigenvalue weighted by Gasteiger charge is 2.35. The third-order valence-corrected chi connectivity index (χ3v) is 4.89. The summed E-state index contributed by atoms with van der Waals surface area (Å²) in [5.74, 6) is -1.32. The highest BCUT2D eigenvalue weighted by Crippen LogP contribution is 2.26. The summed E-state index contributed by atoms with van der Waals surface area (Å²) >= 11 is 1.28. The van der Waals surface area contributed by atoms with Gasteiger partial charge in [0.25, 0.3) is 5.91 Å². The number of hydrogen-bond donors (Lipinski definition) is 2. The van der Waals surface area contributed by atoms with Gasteiger partial charge < -0.3 is 5.73 Å². The Labute approximate surface area is 152 Å². The number of nitrogens with one attached hydrogen (secondary N) is 1. The number of nitrogens with two attached hydrogens (primary N) is 1. The minimum absolute atomic E-state index is 0.0500. The van der Waals surface area contributed by atoms with Gasteiger partial charge in [-0.1, -0.05) is 25.2 Å². The van der Waals surface area contributed by atoms with E-state index in [-0.39, 0.29) is 18.1 Å². The van der Waals surface area contributed by atoms with Gasteiger partial charge in [-0.15, -0.1) is 10.2 Å². The van der Waals surface area contributed by atoms with Crippen molar-refractivity contribution in [2.75, 3.05) is 10.3 Å².